The molecule has 0 saturated heterocycles. The fraction of sp³-hybridized carbons (Fsp3) is 0.0333. The second-order valence-electron chi connectivity index (χ2n) is 8.45. The molecular weight excluding hydrogens is 526 g/mol. The van der Waals surface area contributed by atoms with E-state index in [1.807, 2.05) is 121 Å². The number of rotatable bonds is 7. The quantitative estimate of drug-likeness (QED) is 0.120. The van der Waals surface area contributed by atoms with Crippen molar-refractivity contribution in [2.24, 2.45) is 4.74 Å². The minimum absolute atomic E-state index is 0.384. The van der Waals surface area contributed by atoms with Crippen molar-refractivity contribution >= 4 is 41.9 Å². The van der Waals surface area contributed by atoms with Crippen LogP contribution in [-0.2, 0) is 0 Å². The number of hydrogen-bond donors (Lipinski definition) is 0. The van der Waals surface area contributed by atoms with Gasteiger partial charge in [0.2, 0.25) is 11.6 Å². The van der Waals surface area contributed by atoms with E-state index in [9.17, 15) is 8.78 Å². The summed E-state index contributed by atoms with van der Waals surface area (Å²) in [6.45, 7) is 0. The normalized spacial score (nSPS) is 11.5. The van der Waals surface area contributed by atoms with Crippen LogP contribution in [0.15, 0.2) is 126 Å². The zero-order valence-electron chi connectivity index (χ0n) is 20.1. The first-order valence-electron chi connectivity index (χ1n) is 11.8. The number of hydrogen-bond acceptors (Lipinski definition) is 2. The van der Waals surface area contributed by atoms with Crippen LogP contribution in [0.2, 0.25) is 0 Å². The molecule has 5 rings (SSSR count). The van der Waals surface area contributed by atoms with Gasteiger partial charge in [0, 0.05) is 13.0 Å². The maximum Gasteiger partial charge on any atom is 0.254 e. The Morgan fingerprint density at radius 1 is 0.553 bits per heavy atom. The van der Waals surface area contributed by atoms with Gasteiger partial charge in [-0.2, -0.15) is 22.5 Å². The van der Waals surface area contributed by atoms with Crippen LogP contribution >= 0.6 is 15.0 Å². The van der Waals surface area contributed by atoms with E-state index in [0.29, 0.717) is 5.90 Å². The first-order valence-corrected chi connectivity index (χ1v) is 15.3. The van der Waals surface area contributed by atoms with Gasteiger partial charge in [0.05, 0.1) is 0 Å². The third kappa shape index (κ3) is 5.20. The molecule has 38 heavy (non-hydrogen) atoms. The van der Waals surface area contributed by atoms with Crippen molar-refractivity contribution in [2.45, 2.75) is 0 Å². The zero-order valence-corrected chi connectivity index (χ0v) is 21.8. The van der Waals surface area contributed by atoms with Crippen molar-refractivity contribution in [1.29, 1.82) is 0 Å². The highest BCUT2D eigenvalue weighted by atomic mass is 31.2. The molecule has 0 aliphatic heterocycles. The van der Waals surface area contributed by atoms with Crippen LogP contribution in [0.5, 0.6) is 0 Å². The molecule has 0 unspecified atom stereocenters. The van der Waals surface area contributed by atoms with Crippen LogP contribution in [0.3, 0.4) is 0 Å². The predicted octanol–water partition coefficient (Wildman–Crippen LogP) is 7.21. The molecule has 0 saturated carbocycles. The molecule has 1 aromatic heterocycles. The molecule has 0 amide bonds. The number of halogens is 4. The zero-order chi connectivity index (χ0) is 26.5. The van der Waals surface area contributed by atoms with Gasteiger partial charge >= 0.3 is 0 Å². The lowest BCUT2D eigenvalue weighted by Crippen LogP contribution is -2.23. The monoisotopic (exact) mass is 548 g/mol. The van der Waals surface area contributed by atoms with E-state index in [-0.39, 0.29) is 0 Å². The molecule has 0 atom stereocenters. The van der Waals surface area contributed by atoms with E-state index in [1.165, 1.54) is 0 Å². The Labute approximate surface area is 219 Å². The Bertz CT molecular complexity index is 1470. The van der Waals surface area contributed by atoms with E-state index >= 15 is 8.78 Å². The molecular formula is C30H22F4N2P2. The number of benzene rings is 4. The molecule has 5 aromatic rings. The largest absolute Gasteiger partial charge is 0.254 e. The van der Waals surface area contributed by atoms with E-state index in [0.717, 1.165) is 21.2 Å². The van der Waals surface area contributed by atoms with Crippen molar-refractivity contribution in [2.75, 3.05) is 5.90 Å². The number of pyridine rings is 1. The Hall–Kier alpha value is -3.59. The molecule has 2 nitrogen and oxygen atoms in total. The molecule has 0 radical (unpaired) electrons. The van der Waals surface area contributed by atoms with Crippen molar-refractivity contribution in [3.8, 4) is 0 Å². The molecule has 1 heterocycles. The highest BCUT2D eigenvalue weighted by Gasteiger charge is 2.32. The first kappa shape index (κ1) is 26.0. The fourth-order valence-electron chi connectivity index (χ4n) is 4.28. The molecule has 190 valence electrons. The van der Waals surface area contributed by atoms with Gasteiger partial charge in [-0.15, -0.1) is 0 Å². The van der Waals surface area contributed by atoms with Gasteiger partial charge in [-0.05, 0) is 29.1 Å². The van der Waals surface area contributed by atoms with E-state index < -0.39 is 44.2 Å². The van der Waals surface area contributed by atoms with Crippen molar-refractivity contribution in [1.82, 2.24) is 4.98 Å². The summed E-state index contributed by atoms with van der Waals surface area (Å²) in [7, 11) is -4.20. The maximum atomic E-state index is 15.1. The number of nitrogens with zero attached hydrogens (tertiary/aromatic N) is 2. The standard InChI is InChI=1S/C30H22F4N2P2/c31-26-28(27(32)30(34)35-29(26)33)36-38(24-17-9-3-10-18-24,25-19-11-4-12-20-25)21-37(22-13-5-1-6-14-22)23-15-7-2-8-16-23/h1-20H,21H2. The Morgan fingerprint density at radius 2 is 0.921 bits per heavy atom. The van der Waals surface area contributed by atoms with Gasteiger partial charge in [0.25, 0.3) is 11.9 Å². The molecule has 8 heteroatoms. The van der Waals surface area contributed by atoms with Crippen LogP contribution < -0.4 is 21.2 Å². The highest BCUT2D eigenvalue weighted by Crippen LogP contribution is 2.59. The summed E-state index contributed by atoms with van der Waals surface area (Å²) in [5.74, 6) is -6.28. The van der Waals surface area contributed by atoms with E-state index in [1.54, 1.807) is 0 Å². The lowest BCUT2D eigenvalue weighted by Gasteiger charge is -2.31. The minimum Gasteiger partial charge on any atom is -0.252 e. The Balaban J connectivity index is 1.88. The molecule has 4 aromatic carbocycles. The lowest BCUT2D eigenvalue weighted by molar-refractivity contribution is 0.410. The molecule has 0 fully saturated rings. The summed E-state index contributed by atoms with van der Waals surface area (Å²) in [6.07, 6.45) is 0. The SMILES string of the molecule is Fc1nc(F)c(F)c(N=P(CP(c2ccccc2)c2ccccc2)(c2ccccc2)c2ccccc2)c1F. The summed E-state index contributed by atoms with van der Waals surface area (Å²) in [6, 6.07) is 38.2. The topological polar surface area (TPSA) is 25.2 Å². The third-order valence-electron chi connectivity index (χ3n) is 6.09. The van der Waals surface area contributed by atoms with Gasteiger partial charge in [-0.25, -0.2) is 0 Å². The first-order chi connectivity index (χ1) is 18.5. The molecule has 0 aliphatic carbocycles. The van der Waals surface area contributed by atoms with Crippen molar-refractivity contribution < 1.29 is 17.6 Å². The van der Waals surface area contributed by atoms with Gasteiger partial charge in [0.1, 0.15) is 5.69 Å². The van der Waals surface area contributed by atoms with Crippen LogP contribution in [0.25, 0.3) is 0 Å². The summed E-state index contributed by atoms with van der Waals surface area (Å²) in [4.78, 5) is 2.74. The Kier molecular flexibility index (Phi) is 7.83. The smallest absolute Gasteiger partial charge is 0.252 e. The molecule has 0 aliphatic rings. The van der Waals surface area contributed by atoms with Gasteiger partial charge in [0.15, 0.2) is 0 Å². The molecule has 0 spiro atoms. The minimum atomic E-state index is -3.09. The van der Waals surface area contributed by atoms with Gasteiger partial charge in [-0.1, -0.05) is 121 Å². The predicted molar refractivity (Wildman–Crippen MR) is 149 cm³/mol. The van der Waals surface area contributed by atoms with Crippen LogP contribution in [0.1, 0.15) is 0 Å². The van der Waals surface area contributed by atoms with Crippen LogP contribution in [0, 0.1) is 23.5 Å². The summed E-state index contributed by atoms with van der Waals surface area (Å²) < 4.78 is 63.4. The lowest BCUT2D eigenvalue weighted by atomic mass is 10.4. The fourth-order valence-corrected chi connectivity index (χ4v) is 12.5. The van der Waals surface area contributed by atoms with E-state index in [2.05, 4.69) is 4.98 Å². The average molecular weight is 548 g/mol. The summed E-state index contributed by atoms with van der Waals surface area (Å²) >= 11 is 0. The highest BCUT2D eigenvalue weighted by molar-refractivity contribution is 7.92. The van der Waals surface area contributed by atoms with Crippen LogP contribution in [-0.4, -0.2) is 10.9 Å². The van der Waals surface area contributed by atoms with E-state index in [4.69, 9.17) is 4.74 Å². The van der Waals surface area contributed by atoms with Crippen LogP contribution in [0.4, 0.5) is 23.2 Å². The summed E-state index contributed by atoms with van der Waals surface area (Å²) in [5.41, 5.74) is -0.980. The van der Waals surface area contributed by atoms with Gasteiger partial charge in [-0.3, -0.25) is 4.74 Å². The second-order valence-corrected chi connectivity index (χ2v) is 14.2. The number of aromatic nitrogens is 1. The second kappa shape index (κ2) is 11.4. The molecule has 0 bridgehead atoms. The third-order valence-corrected chi connectivity index (χ3v) is 13.6. The maximum absolute atomic E-state index is 15.1. The average Bonchev–Trinajstić information content (AvgIpc) is 2.98. The van der Waals surface area contributed by atoms with Gasteiger partial charge < -0.3 is 0 Å². The molecule has 0 N–H and O–H groups in total. The van der Waals surface area contributed by atoms with Crippen molar-refractivity contribution in [3.63, 3.8) is 0 Å². The Morgan fingerprint density at radius 3 is 1.32 bits per heavy atom. The summed E-state index contributed by atoms with van der Waals surface area (Å²) in [5, 5.41) is 3.57. The van der Waals surface area contributed by atoms with Crippen molar-refractivity contribution in [3.05, 3.63) is 145 Å².